The van der Waals surface area contributed by atoms with E-state index in [1.165, 1.54) is 40.2 Å². The van der Waals surface area contributed by atoms with E-state index in [0.29, 0.717) is 33.5 Å². The fourth-order valence-electron chi connectivity index (χ4n) is 3.08. The predicted octanol–water partition coefficient (Wildman–Crippen LogP) is 2.31. The van der Waals surface area contributed by atoms with Crippen LogP contribution in [0.5, 0.6) is 11.5 Å². The molecule has 3 aromatic rings. The molecule has 1 aliphatic rings. The Morgan fingerprint density at radius 3 is 2.68 bits per heavy atom. The lowest BCUT2D eigenvalue weighted by atomic mass is 10.1. The number of anilines is 1. The summed E-state index contributed by atoms with van der Waals surface area (Å²) >= 11 is 1.26. The van der Waals surface area contributed by atoms with Gasteiger partial charge in [-0.05, 0) is 41.5 Å². The van der Waals surface area contributed by atoms with Crippen molar-refractivity contribution in [1.29, 1.82) is 0 Å². The average Bonchev–Trinajstić information content (AvgIpc) is 3.15. The lowest BCUT2D eigenvalue weighted by Gasteiger charge is -2.08. The van der Waals surface area contributed by atoms with E-state index in [4.69, 9.17) is 15.2 Å². The van der Waals surface area contributed by atoms with E-state index >= 15 is 0 Å². The second-order valence-electron chi connectivity index (χ2n) is 6.64. The number of aliphatic hydroxyl groups is 1. The maximum absolute atomic E-state index is 12.5. The van der Waals surface area contributed by atoms with Gasteiger partial charge in [0.1, 0.15) is 10.8 Å². The fraction of sp³-hybridized carbons (Fsp3) is 0.143. The number of benzene rings is 1. The smallest absolute Gasteiger partial charge is 0.283 e. The molecule has 31 heavy (non-hydrogen) atoms. The minimum atomic E-state index is -0.524. The number of ether oxygens (including phenoxy) is 2. The van der Waals surface area contributed by atoms with Gasteiger partial charge in [0.05, 0.1) is 19.8 Å². The van der Waals surface area contributed by atoms with Gasteiger partial charge in [-0.2, -0.15) is 14.6 Å². The Balaban J connectivity index is 1.71. The van der Waals surface area contributed by atoms with Crippen LogP contribution < -0.4 is 20.8 Å². The van der Waals surface area contributed by atoms with Crippen LogP contribution in [-0.2, 0) is 11.2 Å². The number of allylic oxidation sites excluding steroid dienone is 4. The molecule has 0 radical (unpaired) electrons. The Labute approximate surface area is 180 Å². The summed E-state index contributed by atoms with van der Waals surface area (Å²) in [6.07, 6.45) is 5.91. The topological polar surface area (TPSA) is 129 Å². The van der Waals surface area contributed by atoms with Gasteiger partial charge in [0.25, 0.3) is 5.56 Å². The summed E-state index contributed by atoms with van der Waals surface area (Å²) in [7, 11) is 3.14. The maximum atomic E-state index is 12.5. The van der Waals surface area contributed by atoms with Gasteiger partial charge in [-0.15, -0.1) is 0 Å². The number of nitrogen functional groups attached to an aromatic ring is 1. The van der Waals surface area contributed by atoms with Gasteiger partial charge < -0.3 is 20.3 Å². The molecular weight excluding hydrogens is 420 g/mol. The minimum Gasteiger partial charge on any atom is -0.504 e. The summed E-state index contributed by atoms with van der Waals surface area (Å²) in [5, 5.41) is 14.8. The van der Waals surface area contributed by atoms with Crippen molar-refractivity contribution < 1.29 is 19.4 Å². The second kappa shape index (κ2) is 8.07. The van der Waals surface area contributed by atoms with Crippen LogP contribution >= 0.6 is 11.3 Å². The first-order chi connectivity index (χ1) is 14.9. The van der Waals surface area contributed by atoms with Crippen molar-refractivity contribution in [3.05, 3.63) is 74.2 Å². The van der Waals surface area contributed by atoms with Crippen molar-refractivity contribution in [3.63, 3.8) is 0 Å². The normalized spacial score (nSPS) is 14.8. The molecule has 0 saturated carbocycles. The predicted molar refractivity (Wildman–Crippen MR) is 117 cm³/mol. The standard InChI is InChI=1S/C21H18N4O5S/c1-29-16-6-4-12(9-17(16)30-2)10-18-24-25-19(22)13(20(28)23-21(25)31-18)7-11-3-5-14(26)15(27)8-11/h3-9,27H,10,22H2,1-2H3. The summed E-state index contributed by atoms with van der Waals surface area (Å²) in [6, 6.07) is 5.57. The number of fused-ring (bicyclic) bond motifs is 1. The van der Waals surface area contributed by atoms with Gasteiger partial charge in [-0.25, -0.2) is 0 Å². The quantitative estimate of drug-likeness (QED) is 0.621. The van der Waals surface area contributed by atoms with Gasteiger partial charge >= 0.3 is 0 Å². The fourth-order valence-corrected chi connectivity index (χ4v) is 4.01. The molecule has 9 nitrogen and oxygen atoms in total. The molecule has 0 spiro atoms. The van der Waals surface area contributed by atoms with Crippen LogP contribution in [0.25, 0.3) is 11.0 Å². The van der Waals surface area contributed by atoms with Crippen molar-refractivity contribution in [2.24, 2.45) is 0 Å². The molecule has 1 aliphatic carbocycles. The van der Waals surface area contributed by atoms with Crippen LogP contribution in [-0.4, -0.2) is 39.7 Å². The zero-order valence-electron chi connectivity index (χ0n) is 16.7. The zero-order chi connectivity index (χ0) is 22.1. The van der Waals surface area contributed by atoms with Crippen LogP contribution in [0.2, 0.25) is 0 Å². The lowest BCUT2D eigenvalue weighted by Crippen LogP contribution is -2.17. The van der Waals surface area contributed by atoms with Gasteiger partial charge in [-0.3, -0.25) is 9.59 Å². The van der Waals surface area contributed by atoms with Gasteiger partial charge in [0.15, 0.2) is 17.3 Å². The molecule has 3 N–H and O–H groups in total. The summed E-state index contributed by atoms with van der Waals surface area (Å²) in [5.41, 5.74) is 7.19. The Bertz CT molecular complexity index is 1350. The lowest BCUT2D eigenvalue weighted by molar-refractivity contribution is -0.113. The molecule has 4 rings (SSSR count). The molecule has 2 heterocycles. The Morgan fingerprint density at radius 2 is 1.97 bits per heavy atom. The largest absolute Gasteiger partial charge is 0.504 e. The van der Waals surface area contributed by atoms with Gasteiger partial charge in [0, 0.05) is 6.42 Å². The van der Waals surface area contributed by atoms with Crippen LogP contribution in [0.1, 0.15) is 16.1 Å². The highest BCUT2D eigenvalue weighted by atomic mass is 32.1. The summed E-state index contributed by atoms with van der Waals surface area (Å²) in [6.45, 7) is 0. The van der Waals surface area contributed by atoms with Crippen LogP contribution in [0.3, 0.4) is 0 Å². The molecule has 0 amide bonds. The number of methoxy groups -OCH3 is 2. The van der Waals surface area contributed by atoms with Gasteiger partial charge in [0.2, 0.25) is 10.7 Å². The Hall–Kier alpha value is -3.92. The number of carbonyl (C=O) groups excluding carboxylic acids is 1. The summed E-state index contributed by atoms with van der Waals surface area (Å²) < 4.78 is 12.0. The van der Waals surface area contributed by atoms with Crippen LogP contribution in [0.15, 0.2) is 52.6 Å². The molecule has 0 fully saturated rings. The third kappa shape index (κ3) is 3.92. The summed E-state index contributed by atoms with van der Waals surface area (Å²) in [4.78, 5) is 28.3. The first-order valence-electron chi connectivity index (χ1n) is 9.13. The monoisotopic (exact) mass is 438 g/mol. The van der Waals surface area contributed by atoms with Crippen molar-refractivity contribution >= 4 is 34.0 Å². The number of carbonyl (C=O) groups is 1. The van der Waals surface area contributed by atoms with E-state index in [2.05, 4.69) is 10.1 Å². The molecular formula is C21H18N4O5S. The van der Waals surface area contributed by atoms with E-state index in [1.54, 1.807) is 14.2 Å². The second-order valence-corrected chi connectivity index (χ2v) is 7.68. The number of hydrogen-bond donors (Lipinski definition) is 2. The molecule has 158 valence electrons. The molecule has 0 unspecified atom stereocenters. The highest BCUT2D eigenvalue weighted by Gasteiger charge is 2.16. The molecule has 1 aromatic carbocycles. The van der Waals surface area contributed by atoms with E-state index in [0.717, 1.165) is 5.56 Å². The third-order valence-corrected chi connectivity index (χ3v) is 5.54. The molecule has 0 atom stereocenters. The highest BCUT2D eigenvalue weighted by Crippen LogP contribution is 2.29. The number of hydrogen-bond acceptors (Lipinski definition) is 9. The van der Waals surface area contributed by atoms with Crippen LogP contribution in [0.4, 0.5) is 5.82 Å². The highest BCUT2D eigenvalue weighted by molar-refractivity contribution is 7.16. The number of aromatic nitrogens is 3. The number of rotatable bonds is 5. The Morgan fingerprint density at radius 1 is 1.19 bits per heavy atom. The van der Waals surface area contributed by atoms with Crippen molar-refractivity contribution in [1.82, 2.24) is 14.6 Å². The van der Waals surface area contributed by atoms with Crippen molar-refractivity contribution in [2.75, 3.05) is 20.0 Å². The van der Waals surface area contributed by atoms with E-state index < -0.39 is 17.1 Å². The van der Waals surface area contributed by atoms with Crippen molar-refractivity contribution in [3.8, 4) is 11.5 Å². The van der Waals surface area contributed by atoms with Gasteiger partial charge in [-0.1, -0.05) is 23.5 Å². The average molecular weight is 438 g/mol. The first kappa shape index (κ1) is 20.4. The Kier molecular flexibility index (Phi) is 5.30. The maximum Gasteiger partial charge on any atom is 0.283 e. The molecule has 0 saturated heterocycles. The van der Waals surface area contributed by atoms with E-state index in [1.807, 2.05) is 18.2 Å². The molecule has 2 aromatic heterocycles. The third-order valence-electron chi connectivity index (χ3n) is 4.63. The summed E-state index contributed by atoms with van der Waals surface area (Å²) in [5.74, 6) is 0.443. The minimum absolute atomic E-state index is 0.121. The van der Waals surface area contributed by atoms with E-state index in [9.17, 15) is 14.7 Å². The number of nitrogens with two attached hydrogens (primary N) is 1. The molecule has 0 aliphatic heterocycles. The van der Waals surface area contributed by atoms with Crippen molar-refractivity contribution in [2.45, 2.75) is 6.42 Å². The number of ketones is 1. The first-order valence-corrected chi connectivity index (χ1v) is 9.95. The van der Waals surface area contributed by atoms with E-state index in [-0.39, 0.29) is 11.4 Å². The SMILES string of the molecule is COc1ccc(Cc2nn3c(N)c(C=C4C=CC(=O)C(O)=C4)c(=O)nc3s2)cc1OC. The zero-order valence-corrected chi connectivity index (χ0v) is 17.5. The van der Waals surface area contributed by atoms with Crippen LogP contribution in [0, 0.1) is 0 Å². The molecule has 10 heteroatoms. The number of nitrogens with zero attached hydrogens (tertiary/aromatic N) is 3. The molecule has 0 bridgehead atoms. The number of aliphatic hydroxyl groups excluding tert-OH is 1.